The van der Waals surface area contributed by atoms with E-state index < -0.39 is 0 Å². The lowest BCUT2D eigenvalue weighted by Gasteiger charge is -2.17. The number of hydrogen-bond acceptors (Lipinski definition) is 1. The second kappa shape index (κ2) is 5.35. The summed E-state index contributed by atoms with van der Waals surface area (Å²) in [5, 5.41) is 2.61. The highest BCUT2D eigenvalue weighted by Gasteiger charge is 2.25. The van der Waals surface area contributed by atoms with Crippen molar-refractivity contribution in [2.45, 2.75) is 26.7 Å². The van der Waals surface area contributed by atoms with Crippen LogP contribution in [-0.2, 0) is 6.42 Å². The zero-order valence-electron chi connectivity index (χ0n) is 14.6. The molecule has 0 spiro atoms. The second-order valence-corrected chi connectivity index (χ2v) is 7.03. The Bertz CT molecular complexity index is 1110. The van der Waals surface area contributed by atoms with Gasteiger partial charge >= 0.3 is 0 Å². The van der Waals surface area contributed by atoms with Gasteiger partial charge in [0.2, 0.25) is 0 Å². The Morgan fingerprint density at radius 2 is 1.52 bits per heavy atom. The SMILES string of the molecule is Cc1cc(C)c2c3ccccc3c(C3=Cc4ccccc4CC3)c-2o1. The zero-order valence-corrected chi connectivity index (χ0v) is 14.6. The van der Waals surface area contributed by atoms with Gasteiger partial charge in [-0.05, 0) is 65.8 Å². The van der Waals surface area contributed by atoms with E-state index in [4.69, 9.17) is 4.42 Å². The van der Waals surface area contributed by atoms with Crippen LogP contribution in [0.5, 0.6) is 0 Å². The van der Waals surface area contributed by atoms with Crippen molar-refractivity contribution in [3.05, 3.63) is 82.6 Å². The maximum Gasteiger partial charge on any atom is 0.143 e. The van der Waals surface area contributed by atoms with Crippen LogP contribution in [0.25, 0.3) is 33.7 Å². The van der Waals surface area contributed by atoms with Crippen LogP contribution in [0.4, 0.5) is 0 Å². The average molecular weight is 324 g/mol. The Labute approximate surface area is 147 Å². The molecular formula is C24H20O. The van der Waals surface area contributed by atoms with Crippen LogP contribution in [0.15, 0.2) is 59.0 Å². The fourth-order valence-corrected chi connectivity index (χ4v) is 4.30. The van der Waals surface area contributed by atoms with Gasteiger partial charge < -0.3 is 4.42 Å². The first kappa shape index (κ1) is 14.5. The van der Waals surface area contributed by atoms with Crippen molar-refractivity contribution in [1.29, 1.82) is 0 Å². The van der Waals surface area contributed by atoms with E-state index in [1.165, 1.54) is 44.2 Å². The van der Waals surface area contributed by atoms with Gasteiger partial charge in [-0.3, -0.25) is 0 Å². The van der Waals surface area contributed by atoms with Crippen LogP contribution in [0, 0.1) is 13.8 Å². The Balaban J connectivity index is 1.85. The normalized spacial score (nSPS) is 13.9. The molecular weight excluding hydrogens is 304 g/mol. The van der Waals surface area contributed by atoms with Crippen LogP contribution in [0.2, 0.25) is 0 Å². The molecule has 0 fully saturated rings. The third-order valence-corrected chi connectivity index (χ3v) is 5.37. The lowest BCUT2D eigenvalue weighted by molar-refractivity contribution is 0.530. The third-order valence-electron chi connectivity index (χ3n) is 5.37. The Morgan fingerprint density at radius 1 is 0.800 bits per heavy atom. The monoisotopic (exact) mass is 324 g/mol. The standard InChI is InChI=1S/C24H20O/c1-15-13-16(2)25-24-22(15)20-9-5-6-10-21(20)23(24)19-12-11-17-7-3-4-8-18(17)14-19/h3-10,13-14H,11-12H2,1-2H3. The van der Waals surface area contributed by atoms with Crippen molar-refractivity contribution in [3.8, 4) is 11.3 Å². The van der Waals surface area contributed by atoms with Crippen molar-refractivity contribution in [1.82, 2.24) is 0 Å². The molecule has 0 amide bonds. The molecule has 5 rings (SSSR count). The highest BCUT2D eigenvalue weighted by molar-refractivity contribution is 6.12. The fourth-order valence-electron chi connectivity index (χ4n) is 4.30. The molecule has 0 unspecified atom stereocenters. The van der Waals surface area contributed by atoms with Crippen molar-refractivity contribution >= 4 is 22.4 Å². The van der Waals surface area contributed by atoms with Crippen LogP contribution in [0.3, 0.4) is 0 Å². The molecule has 0 radical (unpaired) electrons. The van der Waals surface area contributed by atoms with Crippen molar-refractivity contribution in [2.75, 3.05) is 0 Å². The zero-order chi connectivity index (χ0) is 17.0. The molecule has 0 bridgehead atoms. The molecule has 2 aliphatic carbocycles. The first-order valence-corrected chi connectivity index (χ1v) is 8.92. The van der Waals surface area contributed by atoms with Gasteiger partial charge in [-0.2, -0.15) is 0 Å². The number of aryl methyl sites for hydroxylation is 3. The predicted octanol–water partition coefficient (Wildman–Crippen LogP) is 6.64. The molecule has 122 valence electrons. The molecule has 0 N–H and O–H groups in total. The van der Waals surface area contributed by atoms with Gasteiger partial charge in [-0.15, -0.1) is 0 Å². The molecule has 1 heterocycles. The molecule has 0 atom stereocenters. The molecule has 1 nitrogen and oxygen atoms in total. The van der Waals surface area contributed by atoms with Gasteiger partial charge in [0.05, 0.1) is 0 Å². The summed E-state index contributed by atoms with van der Waals surface area (Å²) in [6.07, 6.45) is 4.50. The number of benzene rings is 2. The highest BCUT2D eigenvalue weighted by atomic mass is 16.3. The molecule has 25 heavy (non-hydrogen) atoms. The summed E-state index contributed by atoms with van der Waals surface area (Å²) in [7, 11) is 0. The first-order chi connectivity index (χ1) is 12.2. The topological polar surface area (TPSA) is 13.1 Å². The maximum absolute atomic E-state index is 6.26. The van der Waals surface area contributed by atoms with Gasteiger partial charge in [0.1, 0.15) is 11.5 Å². The van der Waals surface area contributed by atoms with Gasteiger partial charge in [0.25, 0.3) is 0 Å². The summed E-state index contributed by atoms with van der Waals surface area (Å²) in [6, 6.07) is 19.6. The lowest BCUT2D eigenvalue weighted by Crippen LogP contribution is -1.99. The summed E-state index contributed by atoms with van der Waals surface area (Å²) in [5.41, 5.74) is 8.00. The van der Waals surface area contributed by atoms with Crippen LogP contribution in [0.1, 0.15) is 34.4 Å². The molecule has 1 heteroatoms. The van der Waals surface area contributed by atoms with Crippen LogP contribution in [-0.4, -0.2) is 0 Å². The van der Waals surface area contributed by atoms with Gasteiger partial charge in [0, 0.05) is 11.1 Å². The Morgan fingerprint density at radius 3 is 2.36 bits per heavy atom. The first-order valence-electron chi connectivity index (χ1n) is 8.92. The minimum atomic E-state index is 0.971. The van der Waals surface area contributed by atoms with Gasteiger partial charge in [0.15, 0.2) is 0 Å². The molecule has 0 saturated carbocycles. The lowest BCUT2D eigenvalue weighted by atomic mass is 9.88. The number of fused-ring (bicyclic) bond motifs is 4. The van der Waals surface area contributed by atoms with E-state index in [1.807, 2.05) is 6.92 Å². The largest absolute Gasteiger partial charge is 0.461 e. The summed E-state index contributed by atoms with van der Waals surface area (Å²) in [5.74, 6) is 2.02. The van der Waals surface area contributed by atoms with E-state index in [0.717, 1.165) is 24.4 Å². The third kappa shape index (κ3) is 2.16. The summed E-state index contributed by atoms with van der Waals surface area (Å²) in [6.45, 7) is 4.23. The Kier molecular flexibility index (Phi) is 3.11. The van der Waals surface area contributed by atoms with E-state index in [2.05, 4.69) is 67.6 Å². The minimum Gasteiger partial charge on any atom is -0.461 e. The van der Waals surface area contributed by atoms with Crippen molar-refractivity contribution < 1.29 is 4.42 Å². The van der Waals surface area contributed by atoms with E-state index in [0.29, 0.717) is 0 Å². The van der Waals surface area contributed by atoms with Crippen LogP contribution < -0.4 is 0 Å². The maximum atomic E-state index is 6.26. The Hall–Kier alpha value is -2.80. The highest BCUT2D eigenvalue weighted by Crippen LogP contribution is 2.47. The smallest absolute Gasteiger partial charge is 0.143 e. The van der Waals surface area contributed by atoms with Crippen molar-refractivity contribution in [2.24, 2.45) is 0 Å². The van der Waals surface area contributed by atoms with Gasteiger partial charge in [-0.25, -0.2) is 0 Å². The van der Waals surface area contributed by atoms with Gasteiger partial charge in [-0.1, -0.05) is 54.6 Å². The van der Waals surface area contributed by atoms with E-state index in [-0.39, 0.29) is 0 Å². The number of hydrogen-bond donors (Lipinski definition) is 0. The summed E-state index contributed by atoms with van der Waals surface area (Å²) < 4.78 is 6.26. The molecule has 1 aliphatic heterocycles. The van der Waals surface area contributed by atoms with E-state index >= 15 is 0 Å². The number of rotatable bonds is 1. The molecule has 2 aromatic carbocycles. The quantitative estimate of drug-likeness (QED) is 0.382. The fraction of sp³-hybridized carbons (Fsp3) is 0.167. The van der Waals surface area contributed by atoms with Crippen LogP contribution >= 0.6 is 0 Å². The minimum absolute atomic E-state index is 0.971. The molecule has 0 saturated heterocycles. The second-order valence-electron chi connectivity index (χ2n) is 7.03. The number of allylic oxidation sites excluding steroid dienone is 1. The van der Waals surface area contributed by atoms with E-state index in [9.17, 15) is 0 Å². The molecule has 2 aromatic rings. The van der Waals surface area contributed by atoms with Crippen molar-refractivity contribution in [3.63, 3.8) is 0 Å². The molecule has 3 aliphatic rings. The molecule has 0 aromatic heterocycles. The average Bonchev–Trinajstić information content (AvgIpc) is 2.95. The summed E-state index contributed by atoms with van der Waals surface area (Å²) >= 11 is 0. The summed E-state index contributed by atoms with van der Waals surface area (Å²) in [4.78, 5) is 0. The predicted molar refractivity (Wildman–Crippen MR) is 105 cm³/mol. The van der Waals surface area contributed by atoms with E-state index in [1.54, 1.807) is 0 Å².